The topological polar surface area (TPSA) is 111 Å². The predicted octanol–water partition coefficient (Wildman–Crippen LogP) is 0.205. The van der Waals surface area contributed by atoms with Gasteiger partial charge in [-0.05, 0) is 18.6 Å². The third kappa shape index (κ3) is 4.70. The van der Waals surface area contributed by atoms with Gasteiger partial charge in [-0.2, -0.15) is 0 Å². The van der Waals surface area contributed by atoms with E-state index in [-0.39, 0.29) is 36.7 Å². The molecule has 0 aliphatic carbocycles. The summed E-state index contributed by atoms with van der Waals surface area (Å²) in [5.74, 6) is 0.698. The number of aryl methyl sites for hydroxylation is 2. The van der Waals surface area contributed by atoms with Gasteiger partial charge in [0.2, 0.25) is 5.91 Å². The molecule has 1 amide bonds. The highest BCUT2D eigenvalue weighted by Gasteiger charge is 2.50. The van der Waals surface area contributed by atoms with E-state index in [0.29, 0.717) is 26.1 Å². The predicted molar refractivity (Wildman–Crippen MR) is 108 cm³/mol. The number of fused-ring (bicyclic) bond motifs is 1. The number of rotatable bonds is 8. The molecular weight excluding hydrogens is 386 g/mol. The van der Waals surface area contributed by atoms with Crippen LogP contribution in [0, 0.1) is 6.92 Å². The maximum atomic E-state index is 12.2. The van der Waals surface area contributed by atoms with Crippen molar-refractivity contribution < 1.29 is 19.4 Å². The molecule has 4 heterocycles. The van der Waals surface area contributed by atoms with Gasteiger partial charge in [0.25, 0.3) is 0 Å². The van der Waals surface area contributed by atoms with Crippen molar-refractivity contribution in [3.05, 3.63) is 47.8 Å². The maximum Gasteiger partial charge on any atom is 0.222 e. The van der Waals surface area contributed by atoms with E-state index in [1.165, 1.54) is 0 Å². The van der Waals surface area contributed by atoms with Gasteiger partial charge in [-0.25, -0.2) is 4.98 Å². The number of aliphatic hydroxyl groups is 1. The summed E-state index contributed by atoms with van der Waals surface area (Å²) in [6.07, 6.45) is 4.29. The molecule has 9 heteroatoms. The molecule has 9 nitrogen and oxygen atoms in total. The number of amides is 1. The number of ether oxygens (including phenoxy) is 2. The summed E-state index contributed by atoms with van der Waals surface area (Å²) >= 11 is 0. The third-order valence-corrected chi connectivity index (χ3v) is 5.81. The van der Waals surface area contributed by atoms with Crippen molar-refractivity contribution in [3.63, 3.8) is 0 Å². The van der Waals surface area contributed by atoms with E-state index in [4.69, 9.17) is 9.47 Å². The van der Waals surface area contributed by atoms with E-state index in [1.807, 2.05) is 36.9 Å². The highest BCUT2D eigenvalue weighted by molar-refractivity contribution is 5.76. The molecule has 2 fully saturated rings. The summed E-state index contributed by atoms with van der Waals surface area (Å²) in [5.41, 5.74) is 2.11. The van der Waals surface area contributed by atoms with E-state index < -0.39 is 6.10 Å². The van der Waals surface area contributed by atoms with E-state index in [0.717, 1.165) is 17.1 Å². The average molecular weight is 415 g/mol. The number of pyridine rings is 1. The summed E-state index contributed by atoms with van der Waals surface area (Å²) < 4.78 is 13.8. The number of aromatic nitrogens is 3. The van der Waals surface area contributed by atoms with Crippen LogP contribution in [0.25, 0.3) is 0 Å². The number of imidazole rings is 1. The standard InChI is InChI=1S/C21H29N5O4/c1-13-4-3-5-23-15(13)10-22-11-17-20(28)21-16(30-17)8-14(29-21)9-19(27)25-12-18-24-6-7-26(18)2/h3-7,14,16-17,20-22,28H,8-12H2,1-2H3,(H,25,27)/t14-,16+,17+,20+,21-/m0/s1. The number of hydrogen-bond donors (Lipinski definition) is 3. The zero-order valence-corrected chi connectivity index (χ0v) is 17.3. The Balaban J connectivity index is 1.19. The Morgan fingerprint density at radius 3 is 2.90 bits per heavy atom. The van der Waals surface area contributed by atoms with Crippen LogP contribution in [-0.2, 0) is 34.4 Å². The molecule has 0 saturated carbocycles. The second-order valence-electron chi connectivity index (χ2n) is 8.00. The van der Waals surface area contributed by atoms with Crippen molar-refractivity contribution in [1.82, 2.24) is 25.2 Å². The molecule has 3 N–H and O–H groups in total. The van der Waals surface area contributed by atoms with Gasteiger partial charge < -0.3 is 29.8 Å². The smallest absolute Gasteiger partial charge is 0.222 e. The minimum atomic E-state index is -0.715. The van der Waals surface area contributed by atoms with Gasteiger partial charge in [0, 0.05) is 45.1 Å². The van der Waals surface area contributed by atoms with Crippen LogP contribution in [0.1, 0.15) is 29.9 Å². The number of aliphatic hydroxyl groups excluding tert-OH is 1. The van der Waals surface area contributed by atoms with Crippen LogP contribution in [0.15, 0.2) is 30.7 Å². The molecule has 0 spiro atoms. The van der Waals surface area contributed by atoms with Gasteiger partial charge in [0.05, 0.1) is 37.0 Å². The monoisotopic (exact) mass is 415 g/mol. The SMILES string of the molecule is Cc1cccnc1CNC[C@H]1O[C@@H]2C[C@@H](CC(=O)NCc3nccn3C)O[C@@H]2[C@@H]1O. The van der Waals surface area contributed by atoms with Gasteiger partial charge >= 0.3 is 0 Å². The minimum absolute atomic E-state index is 0.0959. The Bertz CT molecular complexity index is 873. The van der Waals surface area contributed by atoms with Crippen LogP contribution in [0.2, 0.25) is 0 Å². The van der Waals surface area contributed by atoms with Gasteiger partial charge in [-0.1, -0.05) is 6.07 Å². The Morgan fingerprint density at radius 2 is 2.17 bits per heavy atom. The zero-order valence-electron chi connectivity index (χ0n) is 17.3. The summed E-state index contributed by atoms with van der Waals surface area (Å²) in [6.45, 7) is 3.54. The van der Waals surface area contributed by atoms with E-state index in [9.17, 15) is 9.90 Å². The number of nitrogens with one attached hydrogen (secondary N) is 2. The fraction of sp³-hybridized carbons (Fsp3) is 0.571. The number of carbonyl (C=O) groups is 1. The Morgan fingerprint density at radius 1 is 1.30 bits per heavy atom. The number of hydrogen-bond acceptors (Lipinski definition) is 7. The maximum absolute atomic E-state index is 12.2. The van der Waals surface area contributed by atoms with Crippen molar-refractivity contribution in [1.29, 1.82) is 0 Å². The van der Waals surface area contributed by atoms with Gasteiger partial charge in [0.15, 0.2) is 0 Å². The minimum Gasteiger partial charge on any atom is -0.388 e. The van der Waals surface area contributed by atoms with Gasteiger partial charge in [-0.15, -0.1) is 0 Å². The molecule has 2 aliphatic rings. The quantitative estimate of drug-likeness (QED) is 0.565. The number of nitrogens with zero attached hydrogens (tertiary/aromatic N) is 3. The van der Waals surface area contributed by atoms with Crippen molar-refractivity contribution in [3.8, 4) is 0 Å². The van der Waals surface area contributed by atoms with Crippen LogP contribution >= 0.6 is 0 Å². The fourth-order valence-corrected chi connectivity index (χ4v) is 4.07. The molecule has 162 valence electrons. The molecule has 30 heavy (non-hydrogen) atoms. The van der Waals surface area contributed by atoms with Crippen molar-refractivity contribution in [2.45, 2.75) is 63.4 Å². The molecule has 0 aromatic carbocycles. The third-order valence-electron chi connectivity index (χ3n) is 5.81. The first-order chi connectivity index (χ1) is 14.5. The molecule has 2 aromatic rings. The second kappa shape index (κ2) is 9.22. The molecule has 2 aliphatic heterocycles. The van der Waals surface area contributed by atoms with Crippen LogP contribution in [0.3, 0.4) is 0 Å². The van der Waals surface area contributed by atoms with Gasteiger partial charge in [0.1, 0.15) is 18.0 Å². The Hall–Kier alpha value is -2.33. The summed E-state index contributed by atoms with van der Waals surface area (Å²) in [6, 6.07) is 3.94. The van der Waals surface area contributed by atoms with Crippen LogP contribution in [0.5, 0.6) is 0 Å². The second-order valence-corrected chi connectivity index (χ2v) is 8.00. The average Bonchev–Trinajstić information content (AvgIpc) is 3.38. The lowest BCUT2D eigenvalue weighted by Gasteiger charge is -2.20. The largest absolute Gasteiger partial charge is 0.388 e. The summed E-state index contributed by atoms with van der Waals surface area (Å²) in [7, 11) is 1.89. The number of carbonyl (C=O) groups excluding carboxylic acids is 1. The highest BCUT2D eigenvalue weighted by atomic mass is 16.6. The molecule has 5 atom stereocenters. The molecule has 0 radical (unpaired) electrons. The van der Waals surface area contributed by atoms with E-state index >= 15 is 0 Å². The molecular formula is C21H29N5O4. The Labute approximate surface area is 175 Å². The normalized spacial score (nSPS) is 27.9. The first-order valence-corrected chi connectivity index (χ1v) is 10.3. The van der Waals surface area contributed by atoms with Crippen molar-refractivity contribution in [2.75, 3.05) is 6.54 Å². The van der Waals surface area contributed by atoms with E-state index in [1.54, 1.807) is 12.4 Å². The Kier molecular flexibility index (Phi) is 6.43. The van der Waals surface area contributed by atoms with Gasteiger partial charge in [-0.3, -0.25) is 9.78 Å². The highest BCUT2D eigenvalue weighted by Crippen LogP contribution is 2.35. The molecule has 4 rings (SSSR count). The first kappa shape index (κ1) is 20.9. The van der Waals surface area contributed by atoms with Crippen LogP contribution < -0.4 is 10.6 Å². The lowest BCUT2D eigenvalue weighted by atomic mass is 10.1. The van der Waals surface area contributed by atoms with Crippen LogP contribution in [-0.4, -0.2) is 62.6 Å². The molecule has 0 unspecified atom stereocenters. The molecule has 2 aromatic heterocycles. The summed E-state index contributed by atoms with van der Waals surface area (Å²) in [4.78, 5) is 20.8. The zero-order chi connectivity index (χ0) is 21.1. The first-order valence-electron chi connectivity index (χ1n) is 10.3. The van der Waals surface area contributed by atoms with E-state index in [2.05, 4.69) is 20.6 Å². The lowest BCUT2D eigenvalue weighted by molar-refractivity contribution is -0.125. The summed E-state index contributed by atoms with van der Waals surface area (Å²) in [5, 5.41) is 16.8. The van der Waals surface area contributed by atoms with Crippen molar-refractivity contribution in [2.24, 2.45) is 7.05 Å². The lowest BCUT2D eigenvalue weighted by Crippen LogP contribution is -2.39. The van der Waals surface area contributed by atoms with Crippen molar-refractivity contribution >= 4 is 5.91 Å². The van der Waals surface area contributed by atoms with Crippen LogP contribution in [0.4, 0.5) is 0 Å². The fourth-order valence-electron chi connectivity index (χ4n) is 4.07. The molecule has 0 bridgehead atoms. The molecule has 2 saturated heterocycles.